The van der Waals surface area contributed by atoms with Gasteiger partial charge in [0.1, 0.15) is 16.4 Å². The van der Waals surface area contributed by atoms with Crippen LogP contribution in [-0.2, 0) is 10.0 Å². The summed E-state index contributed by atoms with van der Waals surface area (Å²) in [7, 11) is -1.42. The van der Waals surface area contributed by atoms with E-state index in [2.05, 4.69) is 4.72 Å². The molecule has 24 heavy (non-hydrogen) atoms. The number of ether oxygens (including phenoxy) is 2. The van der Waals surface area contributed by atoms with Crippen LogP contribution >= 0.6 is 11.6 Å². The van der Waals surface area contributed by atoms with Gasteiger partial charge in [-0.05, 0) is 30.3 Å². The molecule has 0 unspecified atom stereocenters. The summed E-state index contributed by atoms with van der Waals surface area (Å²) in [6.07, 6.45) is 0. The number of aromatic carboxylic acids is 1. The van der Waals surface area contributed by atoms with E-state index in [1.807, 2.05) is 0 Å². The average Bonchev–Trinajstić information content (AvgIpc) is 2.56. The monoisotopic (exact) mass is 371 g/mol. The Morgan fingerprint density at radius 3 is 2.42 bits per heavy atom. The van der Waals surface area contributed by atoms with Crippen LogP contribution in [0.5, 0.6) is 11.5 Å². The van der Waals surface area contributed by atoms with Crippen LogP contribution in [0.1, 0.15) is 10.4 Å². The van der Waals surface area contributed by atoms with Crippen molar-refractivity contribution < 1.29 is 27.8 Å². The van der Waals surface area contributed by atoms with Crippen molar-refractivity contribution in [3.8, 4) is 11.5 Å². The number of rotatable bonds is 6. The third-order valence-electron chi connectivity index (χ3n) is 3.12. The van der Waals surface area contributed by atoms with E-state index in [4.69, 9.17) is 26.2 Å². The number of anilines is 1. The lowest BCUT2D eigenvalue weighted by Crippen LogP contribution is -2.15. The predicted octanol–water partition coefficient (Wildman–Crippen LogP) is 2.86. The molecular weight excluding hydrogens is 358 g/mol. The van der Waals surface area contributed by atoms with Crippen LogP contribution in [0.3, 0.4) is 0 Å². The molecule has 9 heteroatoms. The van der Waals surface area contributed by atoms with E-state index in [1.165, 1.54) is 38.5 Å². The fourth-order valence-corrected chi connectivity index (χ4v) is 3.42. The van der Waals surface area contributed by atoms with Crippen molar-refractivity contribution in [1.29, 1.82) is 0 Å². The van der Waals surface area contributed by atoms with Crippen molar-refractivity contribution in [2.45, 2.75) is 4.90 Å². The highest BCUT2D eigenvalue weighted by molar-refractivity contribution is 7.92. The van der Waals surface area contributed by atoms with Gasteiger partial charge >= 0.3 is 5.97 Å². The number of carboxylic acids is 1. The fourth-order valence-electron chi connectivity index (χ4n) is 1.93. The Bertz CT molecular complexity index is 882. The van der Waals surface area contributed by atoms with E-state index in [9.17, 15) is 13.2 Å². The molecule has 0 aliphatic rings. The Morgan fingerprint density at radius 1 is 1.12 bits per heavy atom. The number of nitrogens with one attached hydrogen (secondary N) is 1. The zero-order valence-electron chi connectivity index (χ0n) is 12.7. The minimum Gasteiger partial charge on any atom is -0.497 e. The van der Waals surface area contributed by atoms with E-state index < -0.39 is 16.0 Å². The maximum Gasteiger partial charge on any atom is 0.335 e. The molecule has 0 amide bonds. The largest absolute Gasteiger partial charge is 0.497 e. The summed E-state index contributed by atoms with van der Waals surface area (Å²) in [5.74, 6) is -0.844. The van der Waals surface area contributed by atoms with Crippen molar-refractivity contribution >= 4 is 33.3 Å². The Kier molecular flexibility index (Phi) is 5.20. The number of sulfonamides is 1. The minimum atomic E-state index is -4.14. The van der Waals surface area contributed by atoms with Gasteiger partial charge in [-0.3, -0.25) is 4.72 Å². The standard InChI is InChI=1S/C15H14ClNO6S/c1-22-10-4-5-11(16)12(8-10)17-24(20,21)14-7-9(15(18)19)3-6-13(14)23-2/h3-8,17H,1-2H3,(H,18,19). The van der Waals surface area contributed by atoms with Crippen LogP contribution in [0.4, 0.5) is 5.69 Å². The number of hydrogen-bond acceptors (Lipinski definition) is 5. The summed E-state index contributed by atoms with van der Waals surface area (Å²) >= 11 is 5.99. The Morgan fingerprint density at radius 2 is 1.83 bits per heavy atom. The molecule has 2 aromatic rings. The topological polar surface area (TPSA) is 102 Å². The maximum atomic E-state index is 12.6. The molecule has 0 saturated heterocycles. The first kappa shape index (κ1) is 17.9. The molecule has 0 bridgehead atoms. The SMILES string of the molecule is COc1ccc(Cl)c(NS(=O)(=O)c2cc(C(=O)O)ccc2OC)c1. The number of benzene rings is 2. The summed E-state index contributed by atoms with van der Waals surface area (Å²) < 4.78 is 37.6. The molecule has 2 rings (SSSR count). The number of halogens is 1. The van der Waals surface area contributed by atoms with Gasteiger partial charge in [-0.1, -0.05) is 11.6 Å². The molecule has 0 heterocycles. The lowest BCUT2D eigenvalue weighted by Gasteiger charge is -2.14. The molecule has 0 aromatic heterocycles. The van der Waals surface area contributed by atoms with Gasteiger partial charge in [-0.25, -0.2) is 13.2 Å². The second kappa shape index (κ2) is 6.98. The highest BCUT2D eigenvalue weighted by atomic mass is 35.5. The van der Waals surface area contributed by atoms with Gasteiger partial charge in [-0.15, -0.1) is 0 Å². The molecule has 128 valence electrons. The minimum absolute atomic E-state index is 0.00604. The number of carbonyl (C=O) groups is 1. The summed E-state index contributed by atoms with van der Waals surface area (Å²) in [6, 6.07) is 7.99. The average molecular weight is 372 g/mol. The van der Waals surface area contributed by atoms with Crippen molar-refractivity contribution in [1.82, 2.24) is 0 Å². The van der Waals surface area contributed by atoms with Crippen molar-refractivity contribution in [3.05, 3.63) is 47.0 Å². The van der Waals surface area contributed by atoms with E-state index in [-0.39, 0.29) is 26.9 Å². The molecule has 0 spiro atoms. The smallest absolute Gasteiger partial charge is 0.335 e. The summed E-state index contributed by atoms with van der Waals surface area (Å²) in [4.78, 5) is 10.8. The van der Waals surface area contributed by atoms with Gasteiger partial charge in [0.05, 0.1) is 30.5 Å². The summed E-state index contributed by atoms with van der Waals surface area (Å²) in [5, 5.41) is 9.21. The van der Waals surface area contributed by atoms with Gasteiger partial charge in [0, 0.05) is 6.07 Å². The van der Waals surface area contributed by atoms with Gasteiger partial charge in [0.2, 0.25) is 0 Å². The molecular formula is C15H14ClNO6S. The first-order valence-corrected chi connectivity index (χ1v) is 8.42. The molecule has 0 saturated carbocycles. The van der Waals surface area contributed by atoms with Gasteiger partial charge < -0.3 is 14.6 Å². The van der Waals surface area contributed by atoms with Crippen LogP contribution in [-0.4, -0.2) is 33.7 Å². The second-order valence-corrected chi connectivity index (χ2v) is 6.68. The van der Waals surface area contributed by atoms with E-state index in [0.717, 1.165) is 6.07 Å². The number of methoxy groups -OCH3 is 2. The normalized spacial score (nSPS) is 11.0. The molecule has 0 atom stereocenters. The fraction of sp³-hybridized carbons (Fsp3) is 0.133. The zero-order valence-corrected chi connectivity index (χ0v) is 14.3. The molecule has 2 N–H and O–H groups in total. The molecule has 0 fully saturated rings. The summed E-state index contributed by atoms with van der Waals surface area (Å²) in [5.41, 5.74) is -0.0910. The van der Waals surface area contributed by atoms with Crippen LogP contribution in [0, 0.1) is 0 Å². The molecule has 0 aliphatic carbocycles. The van der Waals surface area contributed by atoms with Crippen LogP contribution in [0.25, 0.3) is 0 Å². The third-order valence-corrected chi connectivity index (χ3v) is 4.83. The highest BCUT2D eigenvalue weighted by Crippen LogP contribution is 2.31. The highest BCUT2D eigenvalue weighted by Gasteiger charge is 2.23. The Balaban J connectivity index is 2.51. The lowest BCUT2D eigenvalue weighted by atomic mass is 10.2. The first-order chi connectivity index (χ1) is 11.3. The van der Waals surface area contributed by atoms with E-state index >= 15 is 0 Å². The lowest BCUT2D eigenvalue weighted by molar-refractivity contribution is 0.0696. The molecule has 7 nitrogen and oxygen atoms in total. The van der Waals surface area contributed by atoms with Crippen LogP contribution in [0.15, 0.2) is 41.3 Å². The van der Waals surface area contributed by atoms with Gasteiger partial charge in [0.15, 0.2) is 0 Å². The van der Waals surface area contributed by atoms with Gasteiger partial charge in [0.25, 0.3) is 10.0 Å². The third kappa shape index (κ3) is 3.72. The predicted molar refractivity (Wildman–Crippen MR) is 88.8 cm³/mol. The van der Waals surface area contributed by atoms with Crippen molar-refractivity contribution in [2.75, 3.05) is 18.9 Å². The van der Waals surface area contributed by atoms with Crippen molar-refractivity contribution in [2.24, 2.45) is 0 Å². The van der Waals surface area contributed by atoms with Crippen molar-refractivity contribution in [3.63, 3.8) is 0 Å². The quantitative estimate of drug-likeness (QED) is 0.809. The first-order valence-electron chi connectivity index (χ1n) is 6.56. The summed E-state index contributed by atoms with van der Waals surface area (Å²) in [6.45, 7) is 0. The van der Waals surface area contributed by atoms with E-state index in [0.29, 0.717) is 5.75 Å². The van der Waals surface area contributed by atoms with Crippen LogP contribution in [0.2, 0.25) is 5.02 Å². The molecule has 2 aromatic carbocycles. The number of hydrogen-bond donors (Lipinski definition) is 2. The second-order valence-electron chi connectivity index (χ2n) is 4.62. The molecule has 0 radical (unpaired) electrons. The Labute approximate surface area is 143 Å². The maximum absolute atomic E-state index is 12.6. The van der Waals surface area contributed by atoms with Crippen LogP contribution < -0.4 is 14.2 Å². The van der Waals surface area contributed by atoms with Gasteiger partial charge in [-0.2, -0.15) is 0 Å². The Hall–Kier alpha value is -2.45. The number of carboxylic acid groups (broad SMARTS) is 1. The zero-order chi connectivity index (χ0) is 17.9. The van der Waals surface area contributed by atoms with E-state index in [1.54, 1.807) is 6.07 Å². The molecule has 0 aliphatic heterocycles.